The van der Waals surface area contributed by atoms with Crippen molar-refractivity contribution in [3.63, 3.8) is 0 Å². The van der Waals surface area contributed by atoms with Crippen molar-refractivity contribution >= 4 is 23.4 Å². The summed E-state index contributed by atoms with van der Waals surface area (Å²) in [4.78, 5) is 10.9. The number of fused-ring (bicyclic) bond motifs is 3. The molecule has 11 heteroatoms. The third-order valence-electron chi connectivity index (χ3n) is 6.01. The number of anilines is 2. The van der Waals surface area contributed by atoms with Crippen molar-refractivity contribution in [1.29, 1.82) is 0 Å². The van der Waals surface area contributed by atoms with Gasteiger partial charge in [-0.05, 0) is 26.7 Å². The Labute approximate surface area is 187 Å². The molecule has 31 heavy (non-hydrogen) atoms. The van der Waals surface area contributed by atoms with Gasteiger partial charge < -0.3 is 25.1 Å². The Balaban J connectivity index is 1.54. The highest BCUT2D eigenvalue weighted by Gasteiger charge is 2.40. The van der Waals surface area contributed by atoms with Crippen molar-refractivity contribution in [2.24, 2.45) is 0 Å². The van der Waals surface area contributed by atoms with E-state index in [-0.39, 0.29) is 12.1 Å². The molecule has 2 bridgehead atoms. The quantitative estimate of drug-likeness (QED) is 0.632. The molecule has 0 amide bonds. The molecule has 0 saturated carbocycles. The molecule has 0 aliphatic carbocycles. The Morgan fingerprint density at radius 2 is 2.23 bits per heavy atom. The average Bonchev–Trinajstić information content (AvgIpc) is 3.03. The van der Waals surface area contributed by atoms with E-state index in [0.717, 1.165) is 30.9 Å². The van der Waals surface area contributed by atoms with E-state index in [0.29, 0.717) is 43.0 Å². The summed E-state index contributed by atoms with van der Waals surface area (Å²) in [5, 5.41) is 8.94. The van der Waals surface area contributed by atoms with E-state index in [2.05, 4.69) is 30.9 Å². The molecule has 0 aromatic carbocycles. The summed E-state index contributed by atoms with van der Waals surface area (Å²) in [7, 11) is 1.67. The van der Waals surface area contributed by atoms with E-state index in [1.165, 1.54) is 0 Å². The van der Waals surface area contributed by atoms with Crippen LogP contribution in [0.25, 0.3) is 0 Å². The zero-order chi connectivity index (χ0) is 22.0. The molecule has 3 aliphatic rings. The van der Waals surface area contributed by atoms with Gasteiger partial charge in [-0.15, -0.1) is 0 Å². The summed E-state index contributed by atoms with van der Waals surface area (Å²) in [6.07, 6.45) is 1.63. The van der Waals surface area contributed by atoms with Gasteiger partial charge in [0.15, 0.2) is 12.0 Å². The van der Waals surface area contributed by atoms with Crippen molar-refractivity contribution < 1.29 is 13.9 Å². The summed E-state index contributed by atoms with van der Waals surface area (Å²) in [6, 6.07) is -0.157. The van der Waals surface area contributed by atoms with Gasteiger partial charge in [-0.25, -0.2) is 14.8 Å². The molecule has 1 aromatic heterocycles. The number of rotatable bonds is 4. The van der Waals surface area contributed by atoms with Crippen LogP contribution in [0.1, 0.15) is 26.7 Å². The molecule has 1 saturated heterocycles. The Morgan fingerprint density at radius 1 is 1.39 bits per heavy atom. The number of aromatic nitrogens is 2. The van der Waals surface area contributed by atoms with Crippen molar-refractivity contribution in [2.75, 3.05) is 50.6 Å². The van der Waals surface area contributed by atoms with Crippen molar-refractivity contribution in [1.82, 2.24) is 25.3 Å². The van der Waals surface area contributed by atoms with Gasteiger partial charge in [0.05, 0.1) is 36.8 Å². The van der Waals surface area contributed by atoms with E-state index in [1.807, 2.05) is 18.9 Å². The van der Waals surface area contributed by atoms with E-state index in [4.69, 9.17) is 21.1 Å². The van der Waals surface area contributed by atoms with Gasteiger partial charge in [-0.1, -0.05) is 11.6 Å². The molecule has 0 radical (unpaired) electrons. The number of alkyl halides is 1. The highest BCUT2D eigenvalue weighted by Crippen LogP contribution is 2.30. The predicted octanol–water partition coefficient (Wildman–Crippen LogP) is 2.20. The molecule has 4 rings (SSSR count). The SMILES string of the molecule is COCCN1CCC(N2NC3OCCC(C)Nc4nc(ncc4Cl)NC3=C2C)C(F)C1. The first-order chi connectivity index (χ1) is 15.0. The second kappa shape index (κ2) is 9.83. The first kappa shape index (κ1) is 22.5. The Hall–Kier alpha value is -1.72. The number of piperidine rings is 1. The van der Waals surface area contributed by atoms with E-state index >= 15 is 4.39 Å². The van der Waals surface area contributed by atoms with Crippen LogP contribution >= 0.6 is 11.6 Å². The van der Waals surface area contributed by atoms with Crippen LogP contribution in [0.4, 0.5) is 16.2 Å². The van der Waals surface area contributed by atoms with Crippen LogP contribution < -0.4 is 16.1 Å². The summed E-state index contributed by atoms with van der Waals surface area (Å²) >= 11 is 6.25. The van der Waals surface area contributed by atoms with Gasteiger partial charge >= 0.3 is 0 Å². The van der Waals surface area contributed by atoms with Gasteiger partial charge in [-0.3, -0.25) is 4.90 Å². The summed E-state index contributed by atoms with van der Waals surface area (Å²) in [5.74, 6) is 0.997. The maximum atomic E-state index is 15.1. The third kappa shape index (κ3) is 5.04. The highest BCUT2D eigenvalue weighted by atomic mass is 35.5. The fourth-order valence-corrected chi connectivity index (χ4v) is 4.36. The molecule has 1 aromatic rings. The highest BCUT2D eigenvalue weighted by molar-refractivity contribution is 6.32. The van der Waals surface area contributed by atoms with Crippen LogP contribution in [0.2, 0.25) is 5.02 Å². The van der Waals surface area contributed by atoms with E-state index < -0.39 is 12.4 Å². The van der Waals surface area contributed by atoms with Crippen molar-refractivity contribution in [2.45, 2.75) is 51.2 Å². The fourth-order valence-electron chi connectivity index (χ4n) is 4.22. The van der Waals surface area contributed by atoms with Crippen LogP contribution in [0.5, 0.6) is 0 Å². The maximum absolute atomic E-state index is 15.1. The van der Waals surface area contributed by atoms with Gasteiger partial charge in [0.25, 0.3) is 0 Å². The summed E-state index contributed by atoms with van der Waals surface area (Å²) in [5.41, 5.74) is 5.03. The lowest BCUT2D eigenvalue weighted by Gasteiger charge is -2.40. The first-order valence-corrected chi connectivity index (χ1v) is 11.1. The predicted molar refractivity (Wildman–Crippen MR) is 117 cm³/mol. The van der Waals surface area contributed by atoms with Gasteiger partial charge in [-0.2, -0.15) is 4.98 Å². The normalized spacial score (nSPS) is 29.8. The minimum absolute atomic E-state index is 0.121. The molecule has 4 unspecified atom stereocenters. The summed E-state index contributed by atoms with van der Waals surface area (Å²) < 4.78 is 26.4. The topological polar surface area (TPSA) is 86.8 Å². The number of likely N-dealkylation sites (tertiary alicyclic amines) is 1. The lowest BCUT2D eigenvalue weighted by atomic mass is 10.0. The smallest absolute Gasteiger partial charge is 0.229 e. The Kier molecular flexibility index (Phi) is 7.12. The number of ether oxygens (including phenoxy) is 2. The Bertz CT molecular complexity index is 814. The minimum atomic E-state index is -0.991. The molecule has 4 heterocycles. The van der Waals surface area contributed by atoms with Crippen LogP contribution in [-0.4, -0.2) is 84.3 Å². The first-order valence-electron chi connectivity index (χ1n) is 10.8. The van der Waals surface area contributed by atoms with E-state index in [1.54, 1.807) is 13.3 Å². The molecular weight excluding hydrogens is 425 g/mol. The standard InChI is InChI=1S/C20H31ClFN7O2/c1-12-5-8-31-19-17(25-20-23-10-14(21)18(24-12)26-20)13(2)29(27-19)16-4-6-28(7-9-30-3)11-15(16)22/h10,12,15-16,19,27H,4-9,11H2,1-3H3,(H2,23,24,25,26). The van der Waals surface area contributed by atoms with Crippen LogP contribution in [-0.2, 0) is 9.47 Å². The zero-order valence-corrected chi connectivity index (χ0v) is 19.0. The number of hydrazine groups is 1. The average molecular weight is 456 g/mol. The number of allylic oxidation sites excluding steroid dienone is 1. The van der Waals surface area contributed by atoms with Gasteiger partial charge in [0.2, 0.25) is 5.95 Å². The molecule has 9 nitrogen and oxygen atoms in total. The second-order valence-corrected chi connectivity index (χ2v) is 8.67. The molecule has 3 aliphatic heterocycles. The number of nitrogens with zero attached hydrogens (tertiary/aromatic N) is 4. The van der Waals surface area contributed by atoms with Crippen LogP contribution in [0.3, 0.4) is 0 Å². The number of hydrogen-bond donors (Lipinski definition) is 3. The zero-order valence-electron chi connectivity index (χ0n) is 18.2. The molecule has 1 fully saturated rings. The van der Waals surface area contributed by atoms with Crippen molar-refractivity contribution in [3.8, 4) is 0 Å². The molecule has 0 spiro atoms. The monoisotopic (exact) mass is 455 g/mol. The minimum Gasteiger partial charge on any atom is -0.383 e. The second-order valence-electron chi connectivity index (χ2n) is 8.26. The molecule has 4 atom stereocenters. The van der Waals surface area contributed by atoms with E-state index in [9.17, 15) is 0 Å². The van der Waals surface area contributed by atoms with Crippen LogP contribution in [0, 0.1) is 0 Å². The largest absolute Gasteiger partial charge is 0.383 e. The summed E-state index contributed by atoms with van der Waals surface area (Å²) in [6.45, 7) is 7.09. The Morgan fingerprint density at radius 3 is 3.00 bits per heavy atom. The number of halogens is 2. The van der Waals surface area contributed by atoms with Crippen LogP contribution in [0.15, 0.2) is 17.6 Å². The third-order valence-corrected chi connectivity index (χ3v) is 6.29. The molecule has 3 N–H and O–H groups in total. The lowest BCUT2D eigenvalue weighted by Crippen LogP contribution is -2.56. The van der Waals surface area contributed by atoms with Gasteiger partial charge in [0.1, 0.15) is 11.2 Å². The number of nitrogens with one attached hydrogen (secondary N) is 3. The van der Waals surface area contributed by atoms with Gasteiger partial charge in [0, 0.05) is 32.8 Å². The number of methoxy groups -OCH3 is 1. The van der Waals surface area contributed by atoms with Crippen molar-refractivity contribution in [3.05, 3.63) is 22.6 Å². The lowest BCUT2D eigenvalue weighted by molar-refractivity contribution is -0.0213. The fraction of sp³-hybridized carbons (Fsp3) is 0.700. The maximum Gasteiger partial charge on any atom is 0.229 e. The molecule has 172 valence electrons. The number of hydrogen-bond acceptors (Lipinski definition) is 9. The molecular formula is C20H31ClFN7O2.